The van der Waals surface area contributed by atoms with E-state index >= 15 is 0 Å². The summed E-state index contributed by atoms with van der Waals surface area (Å²) in [4.78, 5) is 23.9. The fraction of sp³-hybridized carbons (Fsp3) is 0.412. The molecule has 1 amide bonds. The van der Waals surface area contributed by atoms with E-state index in [2.05, 4.69) is 15.6 Å². The minimum absolute atomic E-state index is 0.0702. The predicted molar refractivity (Wildman–Crippen MR) is 90.9 cm³/mol. The second-order valence-corrected chi connectivity index (χ2v) is 6.21. The molecule has 2 N–H and O–H groups in total. The van der Waals surface area contributed by atoms with Crippen molar-refractivity contribution in [3.05, 3.63) is 29.6 Å². The average molecular weight is 360 g/mol. The van der Waals surface area contributed by atoms with Crippen LogP contribution in [0.3, 0.4) is 0 Å². The number of carboxylic acid groups (broad SMARTS) is 1. The number of carboxylic acids is 1. The second kappa shape index (κ2) is 6.66. The van der Waals surface area contributed by atoms with Crippen LogP contribution in [-0.4, -0.2) is 50.7 Å². The fourth-order valence-electron chi connectivity index (χ4n) is 2.55. The molecule has 2 aromatic rings. The SMILES string of the molecule is CC[C@@](C)(NC(=O)c1nnn(-c2ccc3c(c2)OCCO3)c1C)C(=O)O. The molecular weight excluding hydrogens is 340 g/mol. The zero-order valence-corrected chi connectivity index (χ0v) is 14.8. The number of nitrogens with one attached hydrogen (secondary N) is 1. The third-order valence-corrected chi connectivity index (χ3v) is 4.45. The topological polar surface area (TPSA) is 116 Å². The number of hydrogen-bond acceptors (Lipinski definition) is 6. The molecule has 1 aromatic heterocycles. The van der Waals surface area contributed by atoms with Crippen molar-refractivity contribution in [2.24, 2.45) is 0 Å². The average Bonchev–Trinajstić information content (AvgIpc) is 3.02. The van der Waals surface area contributed by atoms with Crippen LogP contribution >= 0.6 is 0 Å². The van der Waals surface area contributed by atoms with Gasteiger partial charge < -0.3 is 19.9 Å². The van der Waals surface area contributed by atoms with Gasteiger partial charge in [-0.05, 0) is 32.4 Å². The van der Waals surface area contributed by atoms with Gasteiger partial charge in [0.15, 0.2) is 17.2 Å². The van der Waals surface area contributed by atoms with Gasteiger partial charge in [-0.2, -0.15) is 0 Å². The van der Waals surface area contributed by atoms with Crippen LogP contribution in [0.4, 0.5) is 0 Å². The molecule has 0 fully saturated rings. The standard InChI is InChI=1S/C17H20N4O5/c1-4-17(3,16(23)24)18-15(22)14-10(2)21(20-19-14)11-5-6-12-13(9-11)26-8-7-25-12/h5-6,9H,4,7-8H2,1-3H3,(H,18,22)(H,23,24)/t17-/m1/s1. The maximum absolute atomic E-state index is 12.5. The highest BCUT2D eigenvalue weighted by Gasteiger charge is 2.34. The van der Waals surface area contributed by atoms with Crippen LogP contribution < -0.4 is 14.8 Å². The van der Waals surface area contributed by atoms with Gasteiger partial charge in [-0.15, -0.1) is 5.10 Å². The molecule has 0 saturated carbocycles. The highest BCUT2D eigenvalue weighted by molar-refractivity contribution is 5.97. The van der Waals surface area contributed by atoms with Gasteiger partial charge in [-0.3, -0.25) is 4.79 Å². The van der Waals surface area contributed by atoms with E-state index < -0.39 is 17.4 Å². The molecule has 138 valence electrons. The maximum atomic E-state index is 12.5. The van der Waals surface area contributed by atoms with E-state index in [0.717, 1.165) is 0 Å². The lowest BCUT2D eigenvalue weighted by Gasteiger charge is -2.24. The zero-order valence-electron chi connectivity index (χ0n) is 14.8. The summed E-state index contributed by atoms with van der Waals surface area (Å²) >= 11 is 0. The quantitative estimate of drug-likeness (QED) is 0.826. The van der Waals surface area contributed by atoms with E-state index in [1.165, 1.54) is 11.6 Å². The third kappa shape index (κ3) is 3.07. The molecule has 0 aliphatic carbocycles. The number of carbonyl (C=O) groups is 2. The Morgan fingerprint density at radius 3 is 2.65 bits per heavy atom. The molecule has 9 heteroatoms. The lowest BCUT2D eigenvalue weighted by Crippen LogP contribution is -2.51. The van der Waals surface area contributed by atoms with Gasteiger partial charge in [0.2, 0.25) is 0 Å². The Labute approximate surface area is 149 Å². The van der Waals surface area contributed by atoms with Crippen LogP contribution in [-0.2, 0) is 4.79 Å². The molecular formula is C17H20N4O5. The summed E-state index contributed by atoms with van der Waals surface area (Å²) < 4.78 is 12.5. The van der Waals surface area contributed by atoms with Gasteiger partial charge in [0, 0.05) is 6.07 Å². The monoisotopic (exact) mass is 360 g/mol. The van der Waals surface area contributed by atoms with Crippen molar-refractivity contribution in [3.8, 4) is 17.2 Å². The van der Waals surface area contributed by atoms with E-state index in [9.17, 15) is 14.7 Å². The van der Waals surface area contributed by atoms with Gasteiger partial charge >= 0.3 is 5.97 Å². The number of carbonyl (C=O) groups excluding carboxylic acids is 1. The Bertz CT molecular complexity index is 863. The first-order chi connectivity index (χ1) is 12.4. The molecule has 0 saturated heterocycles. The summed E-state index contributed by atoms with van der Waals surface area (Å²) in [5.74, 6) is -0.446. The number of benzene rings is 1. The van der Waals surface area contributed by atoms with E-state index in [4.69, 9.17) is 9.47 Å². The van der Waals surface area contributed by atoms with Crippen molar-refractivity contribution in [2.45, 2.75) is 32.7 Å². The van der Waals surface area contributed by atoms with E-state index in [-0.39, 0.29) is 12.1 Å². The maximum Gasteiger partial charge on any atom is 0.329 e. The number of rotatable bonds is 5. The summed E-state index contributed by atoms with van der Waals surface area (Å²) in [6.45, 7) is 5.79. The summed E-state index contributed by atoms with van der Waals surface area (Å²) in [7, 11) is 0. The summed E-state index contributed by atoms with van der Waals surface area (Å²) in [6, 6.07) is 5.30. The number of aliphatic carboxylic acids is 1. The Morgan fingerprint density at radius 1 is 1.31 bits per heavy atom. The van der Waals surface area contributed by atoms with Gasteiger partial charge in [0.05, 0.1) is 11.4 Å². The molecule has 1 aromatic carbocycles. The summed E-state index contributed by atoms with van der Waals surface area (Å²) in [5, 5.41) is 19.8. The van der Waals surface area contributed by atoms with Crippen molar-refractivity contribution in [1.82, 2.24) is 20.3 Å². The van der Waals surface area contributed by atoms with E-state index in [1.54, 1.807) is 32.0 Å². The van der Waals surface area contributed by atoms with Crippen molar-refractivity contribution >= 4 is 11.9 Å². The van der Waals surface area contributed by atoms with Gasteiger partial charge in [0.25, 0.3) is 5.91 Å². The van der Waals surface area contributed by atoms with Crippen LogP contribution in [0.5, 0.6) is 11.5 Å². The van der Waals surface area contributed by atoms with Crippen LogP contribution in [0.1, 0.15) is 36.5 Å². The van der Waals surface area contributed by atoms with Gasteiger partial charge in [-0.1, -0.05) is 12.1 Å². The molecule has 0 unspecified atom stereocenters. The van der Waals surface area contributed by atoms with Crippen LogP contribution in [0, 0.1) is 6.92 Å². The number of fused-ring (bicyclic) bond motifs is 1. The number of ether oxygens (including phenoxy) is 2. The smallest absolute Gasteiger partial charge is 0.329 e. The lowest BCUT2D eigenvalue weighted by molar-refractivity contribution is -0.143. The Morgan fingerprint density at radius 2 is 2.00 bits per heavy atom. The minimum atomic E-state index is -1.37. The van der Waals surface area contributed by atoms with Crippen LogP contribution in [0.25, 0.3) is 5.69 Å². The molecule has 0 spiro atoms. The fourth-order valence-corrected chi connectivity index (χ4v) is 2.55. The predicted octanol–water partition coefficient (Wildman–Crippen LogP) is 1.33. The number of nitrogens with zero attached hydrogens (tertiary/aromatic N) is 3. The highest BCUT2D eigenvalue weighted by atomic mass is 16.6. The molecule has 1 aliphatic heterocycles. The molecule has 3 rings (SSSR count). The number of amides is 1. The minimum Gasteiger partial charge on any atom is -0.486 e. The number of aromatic nitrogens is 3. The van der Waals surface area contributed by atoms with E-state index in [0.29, 0.717) is 36.1 Å². The van der Waals surface area contributed by atoms with Crippen LogP contribution in [0.15, 0.2) is 18.2 Å². The first kappa shape index (κ1) is 17.7. The van der Waals surface area contributed by atoms with Crippen molar-refractivity contribution in [3.63, 3.8) is 0 Å². The molecule has 26 heavy (non-hydrogen) atoms. The van der Waals surface area contributed by atoms with Crippen molar-refractivity contribution in [2.75, 3.05) is 13.2 Å². The van der Waals surface area contributed by atoms with Gasteiger partial charge in [-0.25, -0.2) is 9.48 Å². The second-order valence-electron chi connectivity index (χ2n) is 6.21. The lowest BCUT2D eigenvalue weighted by atomic mass is 9.99. The Kier molecular flexibility index (Phi) is 4.54. The Hall–Kier alpha value is -3.10. The largest absolute Gasteiger partial charge is 0.486 e. The molecule has 2 heterocycles. The Balaban J connectivity index is 1.88. The van der Waals surface area contributed by atoms with Crippen molar-refractivity contribution < 1.29 is 24.2 Å². The van der Waals surface area contributed by atoms with E-state index in [1.807, 2.05) is 0 Å². The van der Waals surface area contributed by atoms with Gasteiger partial charge in [0.1, 0.15) is 18.8 Å². The highest BCUT2D eigenvalue weighted by Crippen LogP contribution is 2.32. The molecule has 1 aliphatic rings. The molecule has 0 radical (unpaired) electrons. The first-order valence-corrected chi connectivity index (χ1v) is 8.24. The normalized spacial score (nSPS) is 15.2. The van der Waals surface area contributed by atoms with Crippen LogP contribution in [0.2, 0.25) is 0 Å². The third-order valence-electron chi connectivity index (χ3n) is 4.45. The molecule has 1 atom stereocenters. The molecule has 9 nitrogen and oxygen atoms in total. The molecule has 0 bridgehead atoms. The first-order valence-electron chi connectivity index (χ1n) is 8.24. The summed E-state index contributed by atoms with van der Waals surface area (Å²) in [6.07, 6.45) is 0.240. The summed E-state index contributed by atoms with van der Waals surface area (Å²) in [5.41, 5.74) is -0.150. The number of hydrogen-bond donors (Lipinski definition) is 2. The zero-order chi connectivity index (χ0) is 18.9. The van der Waals surface area contributed by atoms with Crippen molar-refractivity contribution in [1.29, 1.82) is 0 Å².